The van der Waals surface area contributed by atoms with E-state index in [2.05, 4.69) is 19.8 Å². The predicted octanol–water partition coefficient (Wildman–Crippen LogP) is 19.8. The van der Waals surface area contributed by atoms with E-state index in [1.807, 2.05) is 68.4 Å². The van der Waals surface area contributed by atoms with Crippen LogP contribution in [-0.2, 0) is 83.9 Å². The Labute approximate surface area is 659 Å². The van der Waals surface area contributed by atoms with Crippen molar-refractivity contribution >= 4 is 139 Å². The van der Waals surface area contributed by atoms with Gasteiger partial charge in [-0.2, -0.15) is 44.8 Å². The van der Waals surface area contributed by atoms with E-state index in [4.69, 9.17) is 40.1 Å². The zero-order chi connectivity index (χ0) is 81.5. The van der Waals surface area contributed by atoms with Crippen molar-refractivity contribution in [2.24, 2.45) is 21.1 Å². The highest BCUT2D eigenvalue weighted by Gasteiger charge is 2.40. The van der Waals surface area contributed by atoms with Crippen LogP contribution in [0.2, 0.25) is 15.1 Å². The highest BCUT2D eigenvalue weighted by atomic mass is 35.5. The van der Waals surface area contributed by atoms with Crippen LogP contribution in [0.25, 0.3) is 96.5 Å². The number of aromatic nitrogens is 9. The van der Waals surface area contributed by atoms with E-state index in [-0.39, 0.29) is 101 Å². The van der Waals surface area contributed by atoms with Crippen LogP contribution in [0, 0.1) is 6.92 Å². The molecule has 0 radical (unpaired) electrons. The van der Waals surface area contributed by atoms with Crippen molar-refractivity contribution in [2.75, 3.05) is 17.3 Å². The number of halogens is 12. The summed E-state index contributed by atoms with van der Waals surface area (Å²) in [7, 11) is -2.74. The topological polar surface area (TPSA) is 234 Å². The number of thioether (sulfide) groups is 1. The molecule has 0 aliphatic heterocycles. The van der Waals surface area contributed by atoms with Crippen LogP contribution in [0.3, 0.4) is 0 Å². The quantitative estimate of drug-likeness (QED) is 0.0410. The number of aryl methyl sites for hydroxylation is 4. The lowest BCUT2D eigenvalue weighted by Crippen LogP contribution is -2.28. The van der Waals surface area contributed by atoms with Crippen LogP contribution in [-0.4, -0.2) is 87.7 Å². The van der Waals surface area contributed by atoms with Crippen molar-refractivity contribution in [1.29, 1.82) is 0 Å². The average molecular weight is 1710 g/mol. The van der Waals surface area contributed by atoms with E-state index in [1.54, 1.807) is 65.8 Å². The number of rotatable bonds is 16. The number of alkyl halides is 9. The molecule has 0 fully saturated rings. The van der Waals surface area contributed by atoms with Crippen LogP contribution >= 0.6 is 80.6 Å². The normalized spacial score (nSPS) is 12.1. The second-order valence-electron chi connectivity index (χ2n) is 24.3. The maximum atomic E-state index is 13.6. The Kier molecular flexibility index (Phi) is 25.5. The molecule has 111 heavy (non-hydrogen) atoms. The molecule has 0 bridgehead atoms. The Morgan fingerprint density at radius 3 is 1.13 bits per heavy atom. The molecule has 0 saturated heterocycles. The van der Waals surface area contributed by atoms with Gasteiger partial charge in [0.25, 0.3) is 16.7 Å². The molecule has 13 rings (SSSR count). The Balaban J connectivity index is 0.000000165. The number of imidazole rings is 3. The highest BCUT2D eigenvalue weighted by molar-refractivity contribution is 7.99. The number of nitrogens with zero attached hydrogens (tertiary/aromatic N) is 9. The summed E-state index contributed by atoms with van der Waals surface area (Å²) in [5.74, 6) is 0.369. The molecule has 0 aliphatic rings. The second-order valence-corrected chi connectivity index (χ2v) is 34.6. The summed E-state index contributed by atoms with van der Waals surface area (Å²) in [4.78, 5) is 70.8. The van der Waals surface area contributed by atoms with Crippen LogP contribution in [0.15, 0.2) is 163 Å². The summed E-state index contributed by atoms with van der Waals surface area (Å²) in [5.41, 5.74) is -1.92. The van der Waals surface area contributed by atoms with Gasteiger partial charge in [0.05, 0.1) is 58.0 Å². The Morgan fingerprint density at radius 1 is 0.477 bits per heavy atom. The predicted molar refractivity (Wildman–Crippen MR) is 419 cm³/mol. The fourth-order valence-corrected chi connectivity index (χ4v) is 19.8. The SMILES string of the molecule is CCSc1cc(-c2ccc(Cl)cc2)sc1-c1nc2cc(C(F)(F)F)n(CC)c(=O)c2n1C.CCn1c(C(F)(F)F)cc2nc(-c3sc(-c4ccc(C)cc4)cc3S(=O)(=O)CC)n(C)c2c1=O.CCn1c(C(F)(F)F)cc2nc(-c3sc(-c4ccc(Cl)cc4)cc3S(=O)(=O)CC)n(C)c2c1=O.O=C(OO)c1cccc(Cl)c1. The largest absolute Gasteiger partial charge is 0.431 e. The molecule has 0 amide bonds. The van der Waals surface area contributed by atoms with E-state index < -0.39 is 77.9 Å². The van der Waals surface area contributed by atoms with Gasteiger partial charge in [-0.1, -0.05) is 116 Å². The van der Waals surface area contributed by atoms with E-state index in [0.717, 1.165) is 76.8 Å². The molecule has 37 heteroatoms. The van der Waals surface area contributed by atoms with Gasteiger partial charge in [0.1, 0.15) is 33.6 Å². The Morgan fingerprint density at radius 2 is 0.811 bits per heavy atom. The third-order valence-corrected chi connectivity index (χ3v) is 26.5. The third-order valence-electron chi connectivity index (χ3n) is 17.4. The summed E-state index contributed by atoms with van der Waals surface area (Å²) in [6.45, 7) is 11.0. The molecule has 0 unspecified atom stereocenters. The zero-order valence-corrected chi connectivity index (χ0v) is 67.2. The van der Waals surface area contributed by atoms with Crippen molar-refractivity contribution in [3.05, 3.63) is 208 Å². The number of benzene rings is 4. The van der Waals surface area contributed by atoms with Crippen LogP contribution < -0.4 is 16.7 Å². The molecule has 4 aromatic carbocycles. The molecule has 0 aliphatic carbocycles. The van der Waals surface area contributed by atoms with Crippen molar-refractivity contribution in [3.8, 4) is 63.4 Å². The van der Waals surface area contributed by atoms with Gasteiger partial charge in [0.15, 0.2) is 37.1 Å². The van der Waals surface area contributed by atoms with Crippen LogP contribution in [0.4, 0.5) is 39.5 Å². The average Bonchev–Trinajstić information content (AvgIpc) is 1.61. The van der Waals surface area contributed by atoms with Crippen molar-refractivity contribution in [2.45, 2.75) is 101 Å². The van der Waals surface area contributed by atoms with Gasteiger partial charge < -0.3 is 27.4 Å². The molecule has 1 N–H and O–H groups in total. The number of carbonyl (C=O) groups excluding carboxylic acids is 1. The molecular formula is C74H65Cl3F9N9O10S6. The van der Waals surface area contributed by atoms with Gasteiger partial charge in [0.2, 0.25) is 0 Å². The van der Waals surface area contributed by atoms with Crippen molar-refractivity contribution in [1.82, 2.24) is 42.4 Å². The molecular weight excluding hydrogens is 1640 g/mol. The molecule has 0 atom stereocenters. The van der Waals surface area contributed by atoms with Gasteiger partial charge in [-0.25, -0.2) is 36.6 Å². The lowest BCUT2D eigenvalue weighted by Gasteiger charge is -2.13. The van der Waals surface area contributed by atoms with Gasteiger partial charge in [-0.15, -0.1) is 45.8 Å². The minimum Gasteiger partial charge on any atom is -0.322 e. The van der Waals surface area contributed by atoms with Crippen LogP contribution in [0.1, 0.15) is 74.5 Å². The number of fused-ring (bicyclic) bond motifs is 3. The first-order chi connectivity index (χ1) is 52.2. The summed E-state index contributed by atoms with van der Waals surface area (Å²) >= 11 is 22.9. The number of carbonyl (C=O) groups is 1. The number of thiophene rings is 3. The molecule has 13 aromatic rings. The molecule has 586 valence electrons. The summed E-state index contributed by atoms with van der Waals surface area (Å²) in [6, 6.07) is 35.7. The molecule has 0 spiro atoms. The fourth-order valence-electron chi connectivity index (χ4n) is 11.9. The number of hydrogen-bond donors (Lipinski definition) is 1. The zero-order valence-electron chi connectivity index (χ0n) is 60.1. The second kappa shape index (κ2) is 33.5. The minimum absolute atomic E-state index is 0.00946. The first kappa shape index (κ1) is 84.6. The maximum Gasteiger partial charge on any atom is 0.431 e. The summed E-state index contributed by atoms with van der Waals surface area (Å²) < 4.78 is 180. The summed E-state index contributed by atoms with van der Waals surface area (Å²) in [6.07, 6.45) is -14.1. The maximum absolute atomic E-state index is 13.6. The summed E-state index contributed by atoms with van der Waals surface area (Å²) in [5, 5.41) is 9.56. The fraction of sp³-hybridized carbons (Fsp3) is 0.257. The van der Waals surface area contributed by atoms with Gasteiger partial charge in [0, 0.05) is 75.4 Å². The standard InChI is InChI=1S/C23H22F3N3O3S2.C22H19ClF3N3O3S2.C22H19ClF3N3OS2.C7H5ClO3/c1-5-29-18(23(24,25)26)11-15-19(22(29)30)28(4)21(27-15)20-17(34(31,32)6-2)12-16(33-20)14-9-7-13(3)8-10-14;1-4-29-17(22(24,25)26)10-14-18(21(29)30)28(3)20(27-14)19-16(34(31,32)5-2)11-15(33-19)12-6-8-13(23)9-7-12;1-4-29-17(22(24,25)26)10-14-18(21(29)30)28(3)20(27-14)19-16(31-5-2)11-15(32-19)12-6-8-13(23)9-7-12;8-6-3-1-2-5(4-6)7(9)11-10/h7-12H,5-6H2,1-4H3;6-11H,4-5H2,1-3H3;6-11H,4-5H2,1-3H3;1-4,10H. The van der Waals surface area contributed by atoms with Crippen molar-refractivity contribution < 1.29 is 71.3 Å². The lowest BCUT2D eigenvalue weighted by molar-refractivity contribution is -0.182. The highest BCUT2D eigenvalue weighted by Crippen LogP contribution is 2.47. The number of pyridine rings is 3. The van der Waals surface area contributed by atoms with E-state index in [1.165, 1.54) is 98.7 Å². The lowest BCUT2D eigenvalue weighted by atomic mass is 10.1. The molecule has 0 saturated carbocycles. The Bertz CT molecular complexity index is 5900. The smallest absolute Gasteiger partial charge is 0.322 e. The first-order valence-corrected chi connectivity index (χ1v) is 41.3. The first-order valence-electron chi connectivity index (χ1n) is 33.4. The van der Waals surface area contributed by atoms with E-state index in [0.29, 0.717) is 39.8 Å². The molecule has 19 nitrogen and oxygen atoms in total. The minimum atomic E-state index is -4.75. The van der Waals surface area contributed by atoms with E-state index in [9.17, 15) is 75.5 Å². The molecule has 9 aromatic heterocycles. The van der Waals surface area contributed by atoms with Crippen molar-refractivity contribution in [3.63, 3.8) is 0 Å². The van der Waals surface area contributed by atoms with Gasteiger partial charge in [-0.05, 0) is 129 Å². The monoisotopic (exact) mass is 1710 g/mol. The number of hydrogen-bond acceptors (Lipinski definition) is 17. The van der Waals surface area contributed by atoms with Gasteiger partial charge >= 0.3 is 24.5 Å². The Hall–Kier alpha value is -8.84. The molecule has 9 heterocycles. The van der Waals surface area contributed by atoms with Crippen LogP contribution in [0.5, 0.6) is 0 Å². The van der Waals surface area contributed by atoms with Gasteiger partial charge in [-0.3, -0.25) is 19.3 Å². The van der Waals surface area contributed by atoms with E-state index >= 15 is 0 Å². The third kappa shape index (κ3) is 17.5. The number of sulfone groups is 2.